The van der Waals surface area contributed by atoms with Crippen molar-refractivity contribution < 1.29 is 33.4 Å². The zero-order valence-corrected chi connectivity index (χ0v) is 23.2. The van der Waals surface area contributed by atoms with Crippen molar-refractivity contribution >= 4 is 29.5 Å². The van der Waals surface area contributed by atoms with Gasteiger partial charge >= 0.3 is 6.09 Å². The smallest absolute Gasteiger partial charge is 0.408 e. The van der Waals surface area contributed by atoms with E-state index in [1.807, 2.05) is 42.5 Å². The van der Waals surface area contributed by atoms with Crippen LogP contribution in [-0.2, 0) is 30.3 Å². The van der Waals surface area contributed by atoms with Crippen molar-refractivity contribution in [3.8, 4) is 16.9 Å². The summed E-state index contributed by atoms with van der Waals surface area (Å²) < 4.78 is 16.3. The van der Waals surface area contributed by atoms with Gasteiger partial charge in [0.15, 0.2) is 6.61 Å². The lowest BCUT2D eigenvalue weighted by molar-refractivity contribution is -0.135. The number of hydrogen-bond acceptors (Lipinski definition) is 7. The van der Waals surface area contributed by atoms with E-state index in [1.54, 1.807) is 32.7 Å². The van der Waals surface area contributed by atoms with Crippen molar-refractivity contribution in [2.24, 2.45) is 5.73 Å². The maximum Gasteiger partial charge on any atom is 0.408 e. The van der Waals surface area contributed by atoms with Crippen LogP contribution < -0.4 is 26.0 Å². The van der Waals surface area contributed by atoms with Gasteiger partial charge in [0, 0.05) is 39.5 Å². The van der Waals surface area contributed by atoms with Gasteiger partial charge in [-0.05, 0) is 49.6 Å². The van der Waals surface area contributed by atoms with Crippen LogP contribution in [-0.4, -0.2) is 67.9 Å². The molecule has 1 atom stereocenters. The van der Waals surface area contributed by atoms with Gasteiger partial charge in [0.1, 0.15) is 22.9 Å². The molecule has 4 amide bonds. The van der Waals surface area contributed by atoms with Crippen molar-refractivity contribution in [1.29, 1.82) is 0 Å². The van der Waals surface area contributed by atoms with Crippen LogP contribution in [0, 0.1) is 0 Å². The first kappa shape index (κ1) is 28.9. The number of fused-ring (bicyclic) bond motifs is 1. The van der Waals surface area contributed by atoms with Crippen molar-refractivity contribution in [2.75, 3.05) is 31.8 Å². The number of hydrogen-bond donors (Lipinski definition) is 3. The monoisotopic (exact) mass is 552 g/mol. The van der Waals surface area contributed by atoms with Crippen molar-refractivity contribution in [2.45, 2.75) is 57.2 Å². The Labute approximate surface area is 233 Å². The second-order valence-corrected chi connectivity index (χ2v) is 11.1. The summed E-state index contributed by atoms with van der Waals surface area (Å²) in [7, 11) is 1.71. The molecule has 11 nitrogen and oxygen atoms in total. The van der Waals surface area contributed by atoms with Crippen LogP contribution in [0.5, 0.6) is 5.75 Å². The Morgan fingerprint density at radius 3 is 2.35 bits per heavy atom. The molecule has 214 valence electrons. The highest BCUT2D eigenvalue weighted by atomic mass is 16.6. The van der Waals surface area contributed by atoms with Crippen molar-refractivity contribution in [3.63, 3.8) is 0 Å². The summed E-state index contributed by atoms with van der Waals surface area (Å²) in [4.78, 5) is 51.9. The first-order chi connectivity index (χ1) is 18.9. The highest BCUT2D eigenvalue weighted by Crippen LogP contribution is 2.35. The predicted octanol–water partition coefficient (Wildman–Crippen LogP) is 2.30. The van der Waals surface area contributed by atoms with Gasteiger partial charge in [0.05, 0.1) is 5.69 Å². The number of nitrogens with one attached hydrogen (secondary N) is 2. The molecule has 4 rings (SSSR count). The third kappa shape index (κ3) is 6.71. The average Bonchev–Trinajstić information content (AvgIpc) is 2.90. The van der Waals surface area contributed by atoms with E-state index >= 15 is 0 Å². The van der Waals surface area contributed by atoms with Gasteiger partial charge in [0.2, 0.25) is 11.8 Å². The maximum atomic E-state index is 13.4. The third-order valence-corrected chi connectivity index (χ3v) is 6.94. The standard InChI is InChI=1S/C29H36N4O7/c1-28(2,3)40-27(37)32-29(11-13-38-14-12-29)26(36)31-21(25(30)35)15-18-5-7-19(8-6-18)20-9-10-23-22(16-20)33(4)24(34)17-39-23/h5-10,16,21H,11-15,17H2,1-4H3,(H2,30,35)(H,31,36)(H,32,37). The number of nitrogens with two attached hydrogens (primary N) is 1. The van der Waals surface area contributed by atoms with Crippen LogP contribution in [0.25, 0.3) is 11.1 Å². The fourth-order valence-corrected chi connectivity index (χ4v) is 4.67. The molecular formula is C29H36N4O7. The Bertz CT molecular complexity index is 1280. The number of amides is 4. The SMILES string of the molecule is CN1C(=O)COc2ccc(-c3ccc(CC(NC(=O)C4(NC(=O)OC(C)(C)C)CCOCC4)C(N)=O)cc3)cc21. The molecule has 0 aliphatic carbocycles. The van der Waals surface area contributed by atoms with Gasteiger partial charge in [-0.1, -0.05) is 30.3 Å². The quantitative estimate of drug-likeness (QED) is 0.477. The Morgan fingerprint density at radius 2 is 1.73 bits per heavy atom. The molecule has 2 aliphatic heterocycles. The Hall–Kier alpha value is -4.12. The number of rotatable bonds is 7. The molecule has 2 aromatic carbocycles. The molecule has 0 saturated carbocycles. The molecule has 0 bridgehead atoms. The van der Waals surface area contributed by atoms with E-state index in [0.717, 1.165) is 16.7 Å². The fourth-order valence-electron chi connectivity index (χ4n) is 4.67. The normalized spacial score (nSPS) is 17.2. The number of primary amides is 1. The van der Waals surface area contributed by atoms with Crippen LogP contribution in [0.15, 0.2) is 42.5 Å². The average molecular weight is 553 g/mol. The van der Waals surface area contributed by atoms with E-state index in [0.29, 0.717) is 11.4 Å². The first-order valence-corrected chi connectivity index (χ1v) is 13.2. The van der Waals surface area contributed by atoms with Crippen LogP contribution in [0.4, 0.5) is 10.5 Å². The number of alkyl carbamates (subject to hydrolysis) is 1. The maximum absolute atomic E-state index is 13.4. The van der Waals surface area contributed by atoms with E-state index in [1.165, 1.54) is 0 Å². The number of carbonyl (C=O) groups excluding carboxylic acids is 4. The third-order valence-electron chi connectivity index (χ3n) is 6.94. The molecule has 0 aromatic heterocycles. The Morgan fingerprint density at radius 1 is 1.07 bits per heavy atom. The number of anilines is 1. The van der Waals surface area contributed by atoms with E-state index in [4.69, 9.17) is 19.9 Å². The Kier molecular flexibility index (Phi) is 8.34. The zero-order valence-electron chi connectivity index (χ0n) is 23.2. The van der Waals surface area contributed by atoms with Crippen LogP contribution in [0.2, 0.25) is 0 Å². The minimum absolute atomic E-state index is 0.0150. The molecule has 0 spiro atoms. The molecule has 2 aliphatic rings. The van der Waals surface area contributed by atoms with E-state index in [-0.39, 0.29) is 45.0 Å². The molecule has 40 heavy (non-hydrogen) atoms. The summed E-state index contributed by atoms with van der Waals surface area (Å²) in [5.41, 5.74) is 6.90. The summed E-state index contributed by atoms with van der Waals surface area (Å²) in [5, 5.41) is 5.45. The van der Waals surface area contributed by atoms with Crippen molar-refractivity contribution in [3.05, 3.63) is 48.0 Å². The minimum atomic E-state index is -1.29. The lowest BCUT2D eigenvalue weighted by Crippen LogP contribution is -2.64. The zero-order chi connectivity index (χ0) is 29.1. The van der Waals surface area contributed by atoms with E-state index in [2.05, 4.69) is 10.6 Å². The molecule has 2 aromatic rings. The summed E-state index contributed by atoms with van der Waals surface area (Å²) >= 11 is 0. The molecule has 1 saturated heterocycles. The highest BCUT2D eigenvalue weighted by Gasteiger charge is 2.43. The van der Waals surface area contributed by atoms with Gasteiger partial charge in [-0.2, -0.15) is 0 Å². The summed E-state index contributed by atoms with van der Waals surface area (Å²) in [6.45, 7) is 5.75. The molecule has 1 fully saturated rings. The van der Waals surface area contributed by atoms with Gasteiger partial charge in [-0.25, -0.2) is 4.79 Å². The lowest BCUT2D eigenvalue weighted by atomic mass is 9.88. The molecule has 1 unspecified atom stereocenters. The molecule has 2 heterocycles. The van der Waals surface area contributed by atoms with Gasteiger partial charge < -0.3 is 35.5 Å². The first-order valence-electron chi connectivity index (χ1n) is 13.2. The number of likely N-dealkylation sites (N-methyl/N-ethyl adjacent to an activating group) is 1. The Balaban J connectivity index is 1.47. The summed E-state index contributed by atoms with van der Waals surface area (Å²) in [5.74, 6) is -0.689. The van der Waals surface area contributed by atoms with E-state index < -0.39 is 35.1 Å². The molecule has 11 heteroatoms. The van der Waals surface area contributed by atoms with Gasteiger partial charge in [0.25, 0.3) is 5.91 Å². The number of benzene rings is 2. The van der Waals surface area contributed by atoms with Gasteiger partial charge in [-0.3, -0.25) is 14.4 Å². The second-order valence-electron chi connectivity index (χ2n) is 11.1. The number of ether oxygens (including phenoxy) is 3. The minimum Gasteiger partial charge on any atom is -0.482 e. The molecule has 0 radical (unpaired) electrons. The van der Waals surface area contributed by atoms with E-state index in [9.17, 15) is 19.2 Å². The lowest BCUT2D eigenvalue weighted by Gasteiger charge is -2.37. The second kappa shape index (κ2) is 11.5. The number of nitrogens with zero attached hydrogens (tertiary/aromatic N) is 1. The largest absolute Gasteiger partial charge is 0.482 e. The predicted molar refractivity (Wildman–Crippen MR) is 148 cm³/mol. The van der Waals surface area contributed by atoms with Crippen LogP contribution >= 0.6 is 0 Å². The molecule has 4 N–H and O–H groups in total. The van der Waals surface area contributed by atoms with Gasteiger partial charge in [-0.15, -0.1) is 0 Å². The van der Waals surface area contributed by atoms with Crippen LogP contribution in [0.1, 0.15) is 39.2 Å². The number of carbonyl (C=O) groups is 4. The molecular weight excluding hydrogens is 516 g/mol. The fraction of sp³-hybridized carbons (Fsp3) is 0.448. The highest BCUT2D eigenvalue weighted by molar-refractivity contribution is 5.98. The van der Waals surface area contributed by atoms with Crippen LogP contribution in [0.3, 0.4) is 0 Å². The summed E-state index contributed by atoms with van der Waals surface area (Å²) in [6, 6.07) is 12.1. The topological polar surface area (TPSA) is 149 Å². The van der Waals surface area contributed by atoms with Crippen molar-refractivity contribution in [1.82, 2.24) is 10.6 Å². The summed E-state index contributed by atoms with van der Waals surface area (Å²) in [6.07, 6.45) is -0.106.